The lowest BCUT2D eigenvalue weighted by atomic mass is 10.0. The molecular formula is C67H73Cl3N20O8. The van der Waals surface area contributed by atoms with Gasteiger partial charge in [-0.15, -0.1) is 15.3 Å². The Balaban J connectivity index is 0.000000145. The van der Waals surface area contributed by atoms with Crippen LogP contribution >= 0.6 is 34.8 Å². The van der Waals surface area contributed by atoms with E-state index in [0.29, 0.717) is 86.8 Å². The van der Waals surface area contributed by atoms with Gasteiger partial charge < -0.3 is 64.7 Å². The van der Waals surface area contributed by atoms with Crippen molar-refractivity contribution in [3.05, 3.63) is 178 Å². The molecule has 0 saturated carbocycles. The Kier molecular flexibility index (Phi) is 22.7. The highest BCUT2D eigenvalue weighted by Crippen LogP contribution is 2.34. The Labute approximate surface area is 577 Å². The van der Waals surface area contributed by atoms with E-state index in [0.717, 1.165) is 82.7 Å². The Bertz CT molecular complexity index is 4820. The van der Waals surface area contributed by atoms with Gasteiger partial charge in [0.05, 0.1) is 87.4 Å². The van der Waals surface area contributed by atoms with Crippen LogP contribution in [0, 0.1) is 20.8 Å². The van der Waals surface area contributed by atoms with Crippen molar-refractivity contribution in [2.75, 3.05) is 68.9 Å². The Hall–Kier alpha value is -10.5. The van der Waals surface area contributed by atoms with Gasteiger partial charge in [-0.3, -0.25) is 14.4 Å². The SMILES string of the molecule is COc1c(-n2cnc(N)c2)ccc(C(C)=O)c1C.COc1c(C(C)=O)ccc(-n2cnc(Nc3nc(Cl)nn4cccc34)c2)c1C.COc1c(C(C)=O)ccc(-n2cnc(Nc3nc(N4CCC[C@H]4CO)nn4cccc34)c2)c1C.Clc1nc(Cl)c2cccn2n1.OC[C@@H]1CCCN1. The molecule has 31 heteroatoms. The number of hydrogen-bond donors (Lipinski definition) is 6. The fraction of sp³-hybridized carbons (Fsp3) is 0.284. The molecule has 0 unspecified atom stereocenters. The van der Waals surface area contributed by atoms with Gasteiger partial charge in [-0.25, -0.2) is 33.5 Å². The number of anilines is 6. The smallest absolute Gasteiger partial charge is 0.245 e. The summed E-state index contributed by atoms with van der Waals surface area (Å²) in [6.07, 6.45) is 20.1. The zero-order valence-corrected chi connectivity index (χ0v) is 57.4. The predicted octanol–water partition coefficient (Wildman–Crippen LogP) is 10.7. The number of Topliss-reactive ketones (excluding diaryl/α,β-unsaturated/α-hetero) is 3. The summed E-state index contributed by atoms with van der Waals surface area (Å²) in [7, 11) is 4.70. The van der Waals surface area contributed by atoms with Crippen molar-refractivity contribution < 1.29 is 38.8 Å². The number of imidazole rings is 3. The summed E-state index contributed by atoms with van der Waals surface area (Å²) in [6.45, 7) is 12.5. The summed E-state index contributed by atoms with van der Waals surface area (Å²) < 4.78 is 26.9. The Morgan fingerprint density at radius 2 is 1.06 bits per heavy atom. The van der Waals surface area contributed by atoms with Crippen molar-refractivity contribution in [3.8, 4) is 34.3 Å². The largest absolute Gasteiger partial charge is 0.496 e. The molecule has 14 rings (SSSR count). The third kappa shape index (κ3) is 15.8. The molecule has 7 N–H and O–H groups in total. The summed E-state index contributed by atoms with van der Waals surface area (Å²) in [5, 5.41) is 41.2. The van der Waals surface area contributed by atoms with E-state index in [1.54, 1.807) is 95.2 Å². The van der Waals surface area contributed by atoms with Gasteiger partial charge in [0.1, 0.15) is 70.2 Å². The number of rotatable bonds is 16. The maximum atomic E-state index is 11.9. The maximum Gasteiger partial charge on any atom is 0.245 e. The molecule has 510 valence electrons. The van der Waals surface area contributed by atoms with Gasteiger partial charge in [0.25, 0.3) is 0 Å². The topological polar surface area (TPSA) is 329 Å². The third-order valence-corrected chi connectivity index (χ3v) is 16.9. The predicted molar refractivity (Wildman–Crippen MR) is 375 cm³/mol. The second kappa shape index (κ2) is 31.6. The van der Waals surface area contributed by atoms with Crippen LogP contribution in [-0.2, 0) is 0 Å². The molecule has 0 amide bonds. The average molecular weight is 1390 g/mol. The first-order chi connectivity index (χ1) is 47.2. The van der Waals surface area contributed by atoms with Crippen molar-refractivity contribution in [2.24, 2.45) is 0 Å². The molecule has 0 radical (unpaired) electrons. The highest BCUT2D eigenvalue weighted by atomic mass is 35.5. The number of nitrogen functional groups attached to an aromatic ring is 1. The number of aliphatic hydroxyl groups is 2. The molecule has 2 aliphatic heterocycles. The first kappa shape index (κ1) is 70.3. The molecule has 11 heterocycles. The molecule has 3 aromatic carbocycles. The number of nitrogens with zero attached hydrogens (tertiary/aromatic N) is 16. The fourth-order valence-corrected chi connectivity index (χ4v) is 12.1. The standard InChI is InChI=1S/C24H27N7O3.C19H17ClN6O2.C13H15N3O2.C6H3Cl2N3.C5H11NO/c1-15-19(9-8-18(16(2)33)22(15)34-3)29-12-21(25-14-29)26-23-20-7-5-11-31(20)28-24(27-23)30-10-4-6-17(30)13-32;1-11-14(7-6-13(12(2)27)17(11)28-3)25-9-16(21-10-25)22-18-15-5-4-8-26(15)24-19(20)23-18;1-8-10(9(2)17)4-5-11(13(8)18-3)16-6-12(14)15-7-16;7-5-4-2-1-3-11(4)10-6(8)9-5;7-4-5-2-1-3-6-5/h5,7-9,11-12,14,17,32H,4,6,10,13H2,1-3H3,(H,26,27,28);4-10H,1-3H3,(H,22,23,24);4-7H,14H2,1-3H3;1-3H;5-7H,1-4H2/t17-;;;;5-/m0...0/s1. The molecule has 2 fully saturated rings. The van der Waals surface area contributed by atoms with Crippen molar-refractivity contribution in [1.82, 2.24) is 77.8 Å². The Morgan fingerprint density at radius 3 is 1.55 bits per heavy atom. The lowest BCUT2D eigenvalue weighted by molar-refractivity contribution is 0.100. The number of ketones is 3. The number of nitrogens with two attached hydrogens (primary N) is 1. The minimum Gasteiger partial charge on any atom is -0.496 e. The molecule has 2 atom stereocenters. The monoisotopic (exact) mass is 1390 g/mol. The summed E-state index contributed by atoms with van der Waals surface area (Å²) in [5.74, 6) is 5.09. The lowest BCUT2D eigenvalue weighted by Crippen LogP contribution is -2.34. The van der Waals surface area contributed by atoms with E-state index in [1.165, 1.54) is 27.2 Å². The number of carbonyl (C=O) groups excluding carboxylic acids is 3. The number of ether oxygens (including phenoxy) is 3. The molecule has 0 bridgehead atoms. The zero-order valence-electron chi connectivity index (χ0n) is 55.1. The van der Waals surface area contributed by atoms with Crippen LogP contribution in [0.25, 0.3) is 33.6 Å². The molecule has 98 heavy (non-hydrogen) atoms. The molecule has 12 aromatic rings. The van der Waals surface area contributed by atoms with Gasteiger partial charge in [0.15, 0.2) is 34.1 Å². The van der Waals surface area contributed by atoms with Crippen LogP contribution in [0.2, 0.25) is 15.7 Å². The van der Waals surface area contributed by atoms with Gasteiger partial charge >= 0.3 is 0 Å². The summed E-state index contributed by atoms with van der Waals surface area (Å²) in [4.78, 5) is 63.0. The number of nitrogens with one attached hydrogen (secondary N) is 3. The van der Waals surface area contributed by atoms with E-state index in [2.05, 4.69) is 61.1 Å². The quantitative estimate of drug-likeness (QED) is 0.0490. The second-order valence-corrected chi connectivity index (χ2v) is 23.7. The van der Waals surface area contributed by atoms with Crippen LogP contribution in [0.5, 0.6) is 17.2 Å². The van der Waals surface area contributed by atoms with E-state index in [1.807, 2.05) is 103 Å². The van der Waals surface area contributed by atoms with Gasteiger partial charge in [-0.1, -0.05) is 11.6 Å². The van der Waals surface area contributed by atoms with Gasteiger partial charge in [-0.2, -0.15) is 9.97 Å². The minimum atomic E-state index is -0.0451. The Morgan fingerprint density at radius 1 is 0.571 bits per heavy atom. The van der Waals surface area contributed by atoms with Crippen LogP contribution < -0.4 is 40.8 Å². The van der Waals surface area contributed by atoms with E-state index in [9.17, 15) is 19.5 Å². The van der Waals surface area contributed by atoms with Crippen molar-refractivity contribution in [3.63, 3.8) is 0 Å². The van der Waals surface area contributed by atoms with E-state index in [4.69, 9.17) is 64.8 Å². The number of aliphatic hydroxyl groups excluding tert-OH is 2. The van der Waals surface area contributed by atoms with Crippen LogP contribution in [0.4, 0.5) is 35.0 Å². The normalized spacial score (nSPS) is 14.0. The van der Waals surface area contributed by atoms with Crippen molar-refractivity contribution in [2.45, 2.75) is 79.3 Å². The number of hydrogen-bond acceptors (Lipinski definition) is 22. The molecule has 9 aromatic heterocycles. The van der Waals surface area contributed by atoms with E-state index in [-0.39, 0.29) is 40.6 Å². The number of aromatic nitrogens is 15. The highest BCUT2D eigenvalue weighted by Gasteiger charge is 2.28. The van der Waals surface area contributed by atoms with Gasteiger partial charge in [0, 0.05) is 53.4 Å². The second-order valence-electron chi connectivity index (χ2n) is 22.7. The third-order valence-electron chi connectivity index (χ3n) is 16.3. The van der Waals surface area contributed by atoms with Crippen LogP contribution in [-0.4, -0.2) is 160 Å². The number of halogens is 3. The van der Waals surface area contributed by atoms with Crippen LogP contribution in [0.1, 0.15) is 94.2 Å². The number of carbonyl (C=O) groups is 3. The van der Waals surface area contributed by atoms with Gasteiger partial charge in [-0.05, 0) is 170 Å². The summed E-state index contributed by atoms with van der Waals surface area (Å²) >= 11 is 17.3. The average Bonchev–Trinajstić information content (AvgIpc) is 1.72. The minimum absolute atomic E-state index is 0.0162. The number of methoxy groups -OCH3 is 3. The first-order valence-corrected chi connectivity index (χ1v) is 32.1. The first-order valence-electron chi connectivity index (χ1n) is 30.9. The summed E-state index contributed by atoms with van der Waals surface area (Å²) in [6, 6.07) is 22.5. The van der Waals surface area contributed by atoms with E-state index < -0.39 is 0 Å². The van der Waals surface area contributed by atoms with Crippen molar-refractivity contribution in [1.29, 1.82) is 0 Å². The fourth-order valence-electron chi connectivity index (χ4n) is 11.5. The molecule has 0 spiro atoms. The summed E-state index contributed by atoms with van der Waals surface area (Å²) in [5.41, 5.74) is 14.8. The van der Waals surface area contributed by atoms with Crippen molar-refractivity contribution >= 4 is 104 Å². The zero-order chi connectivity index (χ0) is 69.9. The lowest BCUT2D eigenvalue weighted by Gasteiger charge is -2.23. The van der Waals surface area contributed by atoms with E-state index >= 15 is 0 Å². The molecule has 2 aliphatic rings. The number of fused-ring (bicyclic) bond motifs is 3. The molecule has 0 aliphatic carbocycles. The molecular weight excluding hydrogens is 1320 g/mol. The molecule has 2 saturated heterocycles. The van der Waals surface area contributed by atoms with Gasteiger partial charge in [0.2, 0.25) is 16.5 Å². The van der Waals surface area contributed by atoms with Crippen LogP contribution in [0.3, 0.4) is 0 Å². The molecule has 28 nitrogen and oxygen atoms in total. The maximum absolute atomic E-state index is 11.9. The van der Waals surface area contributed by atoms with Crippen LogP contribution in [0.15, 0.2) is 129 Å². The number of benzene rings is 3. The highest BCUT2D eigenvalue weighted by molar-refractivity contribution is 6.34.